The third-order valence-electron chi connectivity index (χ3n) is 3.51. The Labute approximate surface area is 96.2 Å². The van der Waals surface area contributed by atoms with Gasteiger partial charge in [0.2, 0.25) is 0 Å². The highest BCUT2D eigenvalue weighted by Crippen LogP contribution is 2.44. The van der Waals surface area contributed by atoms with E-state index in [0.29, 0.717) is 19.1 Å². The predicted octanol–water partition coefficient (Wildman–Crippen LogP) is 2.24. The summed E-state index contributed by atoms with van der Waals surface area (Å²) >= 11 is 0. The lowest BCUT2D eigenvalue weighted by atomic mass is 9.72. The minimum atomic E-state index is 0.0650. The minimum Gasteiger partial charge on any atom is -0.508 e. The molecule has 0 aromatic heterocycles. The lowest BCUT2D eigenvalue weighted by molar-refractivity contribution is 0.195. The Hall–Kier alpha value is -1.22. The average Bonchev–Trinajstić information content (AvgIpc) is 2.27. The van der Waals surface area contributed by atoms with Crippen molar-refractivity contribution in [1.29, 1.82) is 0 Å². The molecule has 1 aromatic rings. The average molecular weight is 221 g/mol. The molecular formula is C13H19NO2. The summed E-state index contributed by atoms with van der Waals surface area (Å²) in [7, 11) is 0. The van der Waals surface area contributed by atoms with Crippen LogP contribution in [0.4, 0.5) is 0 Å². The van der Waals surface area contributed by atoms with E-state index in [1.807, 2.05) is 6.07 Å². The fraction of sp³-hybridized carbons (Fsp3) is 0.538. The van der Waals surface area contributed by atoms with Crippen molar-refractivity contribution in [2.45, 2.75) is 26.2 Å². The number of phenols is 1. The van der Waals surface area contributed by atoms with Crippen LogP contribution in [0.5, 0.6) is 11.5 Å². The van der Waals surface area contributed by atoms with Gasteiger partial charge in [0.1, 0.15) is 11.5 Å². The van der Waals surface area contributed by atoms with E-state index in [4.69, 9.17) is 10.5 Å². The van der Waals surface area contributed by atoms with Gasteiger partial charge in [-0.05, 0) is 35.9 Å². The Balaban J connectivity index is 2.40. The first-order valence-corrected chi connectivity index (χ1v) is 5.70. The molecule has 3 nitrogen and oxygen atoms in total. The van der Waals surface area contributed by atoms with Crippen molar-refractivity contribution < 1.29 is 9.84 Å². The number of nitrogens with two attached hydrogens (primary N) is 1. The van der Waals surface area contributed by atoms with Gasteiger partial charge in [0.05, 0.1) is 6.61 Å². The van der Waals surface area contributed by atoms with Crippen LogP contribution >= 0.6 is 0 Å². The summed E-state index contributed by atoms with van der Waals surface area (Å²) < 4.78 is 5.57. The van der Waals surface area contributed by atoms with Gasteiger partial charge in [-0.1, -0.05) is 19.9 Å². The molecule has 0 saturated heterocycles. The van der Waals surface area contributed by atoms with E-state index in [2.05, 4.69) is 13.8 Å². The molecule has 3 N–H and O–H groups in total. The fourth-order valence-corrected chi connectivity index (χ4v) is 2.33. The van der Waals surface area contributed by atoms with Crippen LogP contribution in [0.25, 0.3) is 0 Å². The summed E-state index contributed by atoms with van der Waals surface area (Å²) in [5.41, 5.74) is 7.07. The van der Waals surface area contributed by atoms with Crippen LogP contribution in [0.2, 0.25) is 0 Å². The van der Waals surface area contributed by atoms with E-state index in [1.54, 1.807) is 12.1 Å². The molecule has 1 aliphatic heterocycles. The van der Waals surface area contributed by atoms with Crippen molar-refractivity contribution in [2.75, 3.05) is 13.2 Å². The highest BCUT2D eigenvalue weighted by atomic mass is 16.5. The summed E-state index contributed by atoms with van der Waals surface area (Å²) in [5, 5.41) is 9.43. The first kappa shape index (κ1) is 11.3. The SMILES string of the molecule is CC(C)(CN)C1CCOc2cc(O)ccc21. The monoisotopic (exact) mass is 221 g/mol. The van der Waals surface area contributed by atoms with Gasteiger partial charge in [0.25, 0.3) is 0 Å². The van der Waals surface area contributed by atoms with Gasteiger partial charge in [-0.15, -0.1) is 0 Å². The zero-order chi connectivity index (χ0) is 11.8. The molecule has 1 heterocycles. The molecular weight excluding hydrogens is 202 g/mol. The Kier molecular flexibility index (Phi) is 2.80. The van der Waals surface area contributed by atoms with Crippen molar-refractivity contribution in [2.24, 2.45) is 11.1 Å². The molecule has 1 unspecified atom stereocenters. The number of phenolic OH excluding ortho intramolecular Hbond substituents is 1. The molecule has 0 bridgehead atoms. The predicted molar refractivity (Wildman–Crippen MR) is 63.8 cm³/mol. The van der Waals surface area contributed by atoms with E-state index in [9.17, 15) is 5.11 Å². The number of benzene rings is 1. The number of hydrogen-bond acceptors (Lipinski definition) is 3. The maximum absolute atomic E-state index is 9.43. The van der Waals surface area contributed by atoms with Gasteiger partial charge in [-0.3, -0.25) is 0 Å². The Morgan fingerprint density at radius 2 is 2.25 bits per heavy atom. The van der Waals surface area contributed by atoms with Crippen LogP contribution in [0.3, 0.4) is 0 Å². The summed E-state index contributed by atoms with van der Waals surface area (Å²) in [6.45, 7) is 5.71. The molecule has 0 fully saturated rings. The molecule has 1 atom stereocenters. The van der Waals surface area contributed by atoms with Crippen molar-refractivity contribution in [3.63, 3.8) is 0 Å². The molecule has 0 spiro atoms. The zero-order valence-electron chi connectivity index (χ0n) is 9.86. The maximum Gasteiger partial charge on any atom is 0.126 e. The second kappa shape index (κ2) is 3.98. The van der Waals surface area contributed by atoms with Gasteiger partial charge in [0, 0.05) is 6.07 Å². The molecule has 0 amide bonds. The Bertz CT molecular complexity index is 388. The topological polar surface area (TPSA) is 55.5 Å². The second-order valence-corrected chi connectivity index (χ2v) is 5.10. The summed E-state index contributed by atoms with van der Waals surface area (Å²) in [4.78, 5) is 0. The molecule has 1 aromatic carbocycles. The van der Waals surface area contributed by atoms with Gasteiger partial charge in [-0.2, -0.15) is 0 Å². The molecule has 1 aliphatic rings. The molecule has 88 valence electrons. The van der Waals surface area contributed by atoms with E-state index >= 15 is 0 Å². The minimum absolute atomic E-state index is 0.0650. The van der Waals surface area contributed by atoms with Crippen LogP contribution in [-0.4, -0.2) is 18.3 Å². The highest BCUT2D eigenvalue weighted by Gasteiger charge is 2.33. The standard InChI is InChI=1S/C13H19NO2/c1-13(2,8-14)11-5-6-16-12-7-9(15)3-4-10(11)12/h3-4,7,11,15H,5-6,8,14H2,1-2H3. The summed E-state index contributed by atoms with van der Waals surface area (Å²) in [6.07, 6.45) is 0.988. The first-order valence-electron chi connectivity index (χ1n) is 5.70. The van der Waals surface area contributed by atoms with Crippen LogP contribution in [-0.2, 0) is 0 Å². The van der Waals surface area contributed by atoms with Crippen molar-refractivity contribution in [3.05, 3.63) is 23.8 Å². The van der Waals surface area contributed by atoms with Crippen molar-refractivity contribution in [1.82, 2.24) is 0 Å². The first-order chi connectivity index (χ1) is 7.54. The molecule has 3 heteroatoms. The van der Waals surface area contributed by atoms with Crippen LogP contribution < -0.4 is 10.5 Å². The highest BCUT2D eigenvalue weighted by molar-refractivity contribution is 5.44. The Morgan fingerprint density at radius 1 is 1.50 bits per heavy atom. The number of rotatable bonds is 2. The number of hydrogen-bond donors (Lipinski definition) is 2. The van der Waals surface area contributed by atoms with Gasteiger partial charge >= 0.3 is 0 Å². The van der Waals surface area contributed by atoms with Gasteiger partial charge in [-0.25, -0.2) is 0 Å². The third-order valence-corrected chi connectivity index (χ3v) is 3.51. The van der Waals surface area contributed by atoms with Gasteiger partial charge < -0.3 is 15.6 Å². The molecule has 2 rings (SSSR count). The number of ether oxygens (including phenoxy) is 1. The van der Waals surface area contributed by atoms with E-state index < -0.39 is 0 Å². The summed E-state index contributed by atoms with van der Waals surface area (Å²) in [6, 6.07) is 5.35. The maximum atomic E-state index is 9.43. The largest absolute Gasteiger partial charge is 0.508 e. The number of aromatic hydroxyl groups is 1. The fourth-order valence-electron chi connectivity index (χ4n) is 2.33. The quantitative estimate of drug-likeness (QED) is 0.805. The van der Waals surface area contributed by atoms with Crippen LogP contribution in [0.15, 0.2) is 18.2 Å². The van der Waals surface area contributed by atoms with Crippen molar-refractivity contribution in [3.8, 4) is 11.5 Å². The Morgan fingerprint density at radius 3 is 2.94 bits per heavy atom. The lowest BCUT2D eigenvalue weighted by Crippen LogP contribution is -2.33. The second-order valence-electron chi connectivity index (χ2n) is 5.10. The molecule has 16 heavy (non-hydrogen) atoms. The van der Waals surface area contributed by atoms with E-state index in [1.165, 1.54) is 5.56 Å². The van der Waals surface area contributed by atoms with Gasteiger partial charge in [0.15, 0.2) is 0 Å². The van der Waals surface area contributed by atoms with Crippen LogP contribution in [0.1, 0.15) is 31.7 Å². The van der Waals surface area contributed by atoms with E-state index in [-0.39, 0.29) is 11.2 Å². The van der Waals surface area contributed by atoms with Crippen molar-refractivity contribution >= 4 is 0 Å². The normalized spacial score (nSPS) is 20.1. The number of fused-ring (bicyclic) bond motifs is 1. The molecule has 0 saturated carbocycles. The molecule has 0 radical (unpaired) electrons. The lowest BCUT2D eigenvalue weighted by Gasteiger charge is -2.37. The smallest absolute Gasteiger partial charge is 0.126 e. The zero-order valence-corrected chi connectivity index (χ0v) is 9.86. The molecule has 0 aliphatic carbocycles. The third kappa shape index (κ3) is 1.87. The van der Waals surface area contributed by atoms with E-state index in [0.717, 1.165) is 12.2 Å². The summed E-state index contributed by atoms with van der Waals surface area (Å²) in [5.74, 6) is 1.46. The van der Waals surface area contributed by atoms with Crippen LogP contribution in [0, 0.1) is 5.41 Å².